The molecule has 0 saturated carbocycles. The first-order valence-electron chi connectivity index (χ1n) is 5.98. The summed E-state index contributed by atoms with van der Waals surface area (Å²) < 4.78 is 9.44. The topological polar surface area (TPSA) is 137 Å². The number of nitrogens with one attached hydrogen (secondary N) is 1. The highest BCUT2D eigenvalue weighted by molar-refractivity contribution is 5.98. The van der Waals surface area contributed by atoms with E-state index < -0.39 is 22.5 Å². The Bertz CT molecular complexity index is 753. The third kappa shape index (κ3) is 3.23. The van der Waals surface area contributed by atoms with E-state index in [0.717, 1.165) is 12.1 Å². The third-order valence-electron chi connectivity index (χ3n) is 2.58. The molecule has 1 aromatic heterocycles. The van der Waals surface area contributed by atoms with Crippen LogP contribution in [0.1, 0.15) is 10.4 Å². The lowest BCUT2D eigenvalue weighted by Gasteiger charge is -2.05. The summed E-state index contributed by atoms with van der Waals surface area (Å²) >= 11 is 0. The zero-order valence-corrected chi connectivity index (χ0v) is 11.1. The molecule has 0 saturated heterocycles. The molecule has 0 radical (unpaired) electrons. The predicted molar refractivity (Wildman–Crippen MR) is 72.0 cm³/mol. The van der Waals surface area contributed by atoms with E-state index in [9.17, 15) is 19.7 Å². The number of fused-ring (bicyclic) bond motifs is 1. The molecule has 0 aliphatic heterocycles. The average Bonchev–Trinajstić information content (AvgIpc) is 2.96. The molecule has 0 aliphatic rings. The highest BCUT2D eigenvalue weighted by Crippen LogP contribution is 2.24. The number of aromatic nitrogens is 3. The fourth-order valence-electron chi connectivity index (χ4n) is 1.61. The zero-order chi connectivity index (χ0) is 16.1. The molecule has 114 valence electrons. The molecule has 2 aromatic rings. The molecule has 10 heteroatoms. The second-order valence-corrected chi connectivity index (χ2v) is 3.95. The van der Waals surface area contributed by atoms with E-state index in [4.69, 9.17) is 4.74 Å². The van der Waals surface area contributed by atoms with E-state index in [-0.39, 0.29) is 29.8 Å². The first kappa shape index (κ1) is 15.1. The number of nitro groups is 1. The Hall–Kier alpha value is -3.30. The van der Waals surface area contributed by atoms with Crippen LogP contribution in [0.2, 0.25) is 0 Å². The quantitative estimate of drug-likeness (QED) is 0.271. The van der Waals surface area contributed by atoms with Gasteiger partial charge in [-0.1, -0.05) is 6.58 Å². The van der Waals surface area contributed by atoms with Gasteiger partial charge in [-0.3, -0.25) is 10.1 Å². The molecule has 2 rings (SSSR count). The standard InChI is InChI=1S/C12H10N4O6/c1-2-11(17)21-3-4-22-12(18)7-5-8-9(14-15-13-8)6-10(7)16(19)20/h2,5-6H,1,3-4H2,(H,13,14,15). The molecule has 1 aromatic carbocycles. The number of rotatable bonds is 6. The van der Waals surface area contributed by atoms with Gasteiger partial charge in [0.2, 0.25) is 0 Å². The number of hydrogen-bond donors (Lipinski definition) is 1. The van der Waals surface area contributed by atoms with E-state index in [1.54, 1.807) is 0 Å². The van der Waals surface area contributed by atoms with Crippen molar-refractivity contribution in [3.05, 3.63) is 40.5 Å². The van der Waals surface area contributed by atoms with Crippen LogP contribution in [0.3, 0.4) is 0 Å². The molecule has 0 amide bonds. The van der Waals surface area contributed by atoms with Crippen molar-refractivity contribution in [3.8, 4) is 0 Å². The summed E-state index contributed by atoms with van der Waals surface area (Å²) in [6.45, 7) is 2.78. The molecule has 10 nitrogen and oxygen atoms in total. The maximum absolute atomic E-state index is 11.9. The Kier molecular flexibility index (Phi) is 4.41. The first-order valence-corrected chi connectivity index (χ1v) is 5.98. The van der Waals surface area contributed by atoms with Crippen molar-refractivity contribution in [1.82, 2.24) is 15.4 Å². The third-order valence-corrected chi connectivity index (χ3v) is 2.58. The molecular formula is C12H10N4O6. The number of H-pyrrole nitrogens is 1. The average molecular weight is 306 g/mol. The normalized spacial score (nSPS) is 10.2. The Morgan fingerprint density at radius 2 is 1.91 bits per heavy atom. The lowest BCUT2D eigenvalue weighted by atomic mass is 10.1. The van der Waals surface area contributed by atoms with Gasteiger partial charge in [-0.2, -0.15) is 15.4 Å². The summed E-state index contributed by atoms with van der Waals surface area (Å²) in [5.41, 5.74) is -0.172. The van der Waals surface area contributed by atoms with Crippen LogP contribution in [-0.2, 0) is 14.3 Å². The van der Waals surface area contributed by atoms with Crippen molar-refractivity contribution >= 4 is 28.7 Å². The van der Waals surface area contributed by atoms with Crippen LogP contribution in [0.25, 0.3) is 11.0 Å². The largest absolute Gasteiger partial charge is 0.459 e. The maximum Gasteiger partial charge on any atom is 0.345 e. The SMILES string of the molecule is C=CC(=O)OCCOC(=O)c1cc2n[nH]nc2cc1[N+](=O)[O-]. The Labute approximate surface area is 122 Å². The number of nitrogens with zero attached hydrogens (tertiary/aromatic N) is 3. The van der Waals surface area contributed by atoms with Crippen molar-refractivity contribution in [2.75, 3.05) is 13.2 Å². The van der Waals surface area contributed by atoms with Gasteiger partial charge < -0.3 is 9.47 Å². The number of hydrogen-bond acceptors (Lipinski definition) is 8. The summed E-state index contributed by atoms with van der Waals surface area (Å²) in [5.74, 6) is -1.59. The van der Waals surface area contributed by atoms with Crippen molar-refractivity contribution in [2.24, 2.45) is 0 Å². The van der Waals surface area contributed by atoms with Gasteiger partial charge in [0.15, 0.2) is 0 Å². The van der Waals surface area contributed by atoms with E-state index >= 15 is 0 Å². The number of esters is 2. The van der Waals surface area contributed by atoms with Gasteiger partial charge in [0.1, 0.15) is 29.8 Å². The van der Waals surface area contributed by atoms with E-state index in [1.165, 1.54) is 6.07 Å². The molecule has 1 N–H and O–H groups in total. The highest BCUT2D eigenvalue weighted by atomic mass is 16.6. The molecule has 1 heterocycles. The number of benzene rings is 1. The summed E-state index contributed by atoms with van der Waals surface area (Å²) in [5, 5.41) is 20.8. The summed E-state index contributed by atoms with van der Waals surface area (Å²) in [7, 11) is 0. The van der Waals surface area contributed by atoms with Crippen LogP contribution in [0.4, 0.5) is 5.69 Å². The zero-order valence-electron chi connectivity index (χ0n) is 11.1. The summed E-state index contributed by atoms with van der Waals surface area (Å²) in [6.07, 6.45) is 0.963. The molecule has 0 fully saturated rings. The molecule has 0 bridgehead atoms. The van der Waals surface area contributed by atoms with Gasteiger partial charge in [0, 0.05) is 12.1 Å². The van der Waals surface area contributed by atoms with Gasteiger partial charge in [-0.25, -0.2) is 9.59 Å². The van der Waals surface area contributed by atoms with Crippen LogP contribution in [0.15, 0.2) is 24.8 Å². The predicted octanol–water partition coefficient (Wildman–Crippen LogP) is 0.752. The molecule has 0 atom stereocenters. The Morgan fingerprint density at radius 3 is 2.55 bits per heavy atom. The van der Waals surface area contributed by atoms with Crippen molar-refractivity contribution in [1.29, 1.82) is 0 Å². The minimum absolute atomic E-state index is 0.184. The van der Waals surface area contributed by atoms with Gasteiger partial charge in [-0.05, 0) is 6.07 Å². The molecular weight excluding hydrogens is 296 g/mol. The minimum Gasteiger partial charge on any atom is -0.459 e. The number of nitro benzene ring substituents is 1. The van der Waals surface area contributed by atoms with E-state index in [1.807, 2.05) is 0 Å². The number of carbonyl (C=O) groups excluding carboxylic acids is 2. The highest BCUT2D eigenvalue weighted by Gasteiger charge is 2.23. The molecule has 0 unspecified atom stereocenters. The van der Waals surface area contributed by atoms with Crippen LogP contribution >= 0.6 is 0 Å². The smallest absolute Gasteiger partial charge is 0.345 e. The summed E-state index contributed by atoms with van der Waals surface area (Å²) in [6, 6.07) is 2.32. The van der Waals surface area contributed by atoms with Crippen molar-refractivity contribution < 1.29 is 24.0 Å². The van der Waals surface area contributed by atoms with Gasteiger partial charge in [0.25, 0.3) is 5.69 Å². The molecule has 0 aliphatic carbocycles. The number of aromatic amines is 1. The van der Waals surface area contributed by atoms with Gasteiger partial charge in [-0.15, -0.1) is 0 Å². The second-order valence-electron chi connectivity index (χ2n) is 3.95. The van der Waals surface area contributed by atoms with Crippen LogP contribution in [0, 0.1) is 10.1 Å². The summed E-state index contributed by atoms with van der Waals surface area (Å²) in [4.78, 5) is 33.0. The monoisotopic (exact) mass is 306 g/mol. The fourth-order valence-corrected chi connectivity index (χ4v) is 1.61. The van der Waals surface area contributed by atoms with Crippen LogP contribution in [0.5, 0.6) is 0 Å². The minimum atomic E-state index is -0.925. The Morgan fingerprint density at radius 1 is 1.27 bits per heavy atom. The number of carbonyl (C=O) groups is 2. The van der Waals surface area contributed by atoms with Crippen LogP contribution < -0.4 is 0 Å². The number of ether oxygens (including phenoxy) is 2. The van der Waals surface area contributed by atoms with Crippen molar-refractivity contribution in [3.63, 3.8) is 0 Å². The van der Waals surface area contributed by atoms with E-state index in [2.05, 4.69) is 26.7 Å². The maximum atomic E-state index is 11.9. The fraction of sp³-hybridized carbons (Fsp3) is 0.167. The lowest BCUT2D eigenvalue weighted by Crippen LogP contribution is -2.14. The van der Waals surface area contributed by atoms with Gasteiger partial charge in [0.05, 0.1) is 4.92 Å². The van der Waals surface area contributed by atoms with Crippen molar-refractivity contribution in [2.45, 2.75) is 0 Å². The van der Waals surface area contributed by atoms with E-state index in [0.29, 0.717) is 0 Å². The lowest BCUT2D eigenvalue weighted by molar-refractivity contribution is -0.385. The first-order chi connectivity index (χ1) is 10.5. The molecule has 22 heavy (non-hydrogen) atoms. The molecule has 0 spiro atoms. The second kappa shape index (κ2) is 6.43. The van der Waals surface area contributed by atoms with Gasteiger partial charge >= 0.3 is 11.9 Å². The van der Waals surface area contributed by atoms with Crippen LogP contribution in [-0.4, -0.2) is 45.5 Å². The Balaban J connectivity index is 2.12.